The Kier molecular flexibility index (Phi) is 5.37. The molecule has 1 amide bonds. The first-order chi connectivity index (χ1) is 12.0. The van der Waals surface area contributed by atoms with E-state index in [0.717, 1.165) is 10.8 Å². The Balaban J connectivity index is 1.99. The molecule has 0 aliphatic heterocycles. The Morgan fingerprint density at radius 1 is 1.20 bits per heavy atom. The first kappa shape index (κ1) is 17.9. The van der Waals surface area contributed by atoms with Gasteiger partial charge in [-0.1, -0.05) is 35.3 Å². The maximum absolute atomic E-state index is 13.0. The van der Waals surface area contributed by atoms with E-state index in [1.165, 1.54) is 6.92 Å². The average Bonchev–Trinajstić information content (AvgIpc) is 2.60. The van der Waals surface area contributed by atoms with Crippen molar-refractivity contribution in [1.29, 1.82) is 0 Å². The molecule has 4 nitrogen and oxygen atoms in total. The Morgan fingerprint density at radius 3 is 2.76 bits per heavy atom. The Bertz CT molecular complexity index is 987. The topological polar surface area (TPSA) is 59.1 Å². The second-order valence-corrected chi connectivity index (χ2v) is 7.62. The molecule has 1 unspecified atom stereocenters. The van der Waals surface area contributed by atoms with Gasteiger partial charge in [-0.2, -0.15) is 0 Å². The van der Waals surface area contributed by atoms with Crippen molar-refractivity contribution in [3.05, 3.63) is 64.4 Å². The molecule has 0 saturated carbocycles. The summed E-state index contributed by atoms with van der Waals surface area (Å²) in [6.45, 7) is 1.40. The molecule has 128 valence electrons. The van der Waals surface area contributed by atoms with Gasteiger partial charge in [-0.3, -0.25) is 14.0 Å². The summed E-state index contributed by atoms with van der Waals surface area (Å²) >= 11 is 12.6. The highest BCUT2D eigenvalue weighted by Gasteiger charge is 2.16. The number of amides is 1. The second kappa shape index (κ2) is 7.52. The number of rotatable bonds is 4. The summed E-state index contributed by atoms with van der Waals surface area (Å²) in [6.07, 6.45) is 3.40. The second-order valence-electron chi connectivity index (χ2n) is 5.41. The van der Waals surface area contributed by atoms with E-state index in [-0.39, 0.29) is 11.7 Å². The number of anilines is 1. The number of benzene rings is 2. The normalized spacial score (nSPS) is 12.1. The van der Waals surface area contributed by atoms with Crippen LogP contribution in [0.5, 0.6) is 0 Å². The fourth-order valence-corrected chi connectivity index (χ4v) is 4.61. The number of fused-ring (bicyclic) bond motifs is 1. The summed E-state index contributed by atoms with van der Waals surface area (Å²) in [5, 5.41) is 5.15. The number of pyridine rings is 1. The molecule has 0 bridgehead atoms. The standard InChI is InChI=1S/C18H14Cl2N2O2S/c1-11(23)22-16-6-5-15(19)14(18(16)20)10-25(24)17-4-2-3-12-9-21-8-7-13(12)17/h2-9H,10H2,1H3,(H,22,23). The molecule has 3 aromatic rings. The van der Waals surface area contributed by atoms with Crippen LogP contribution in [0, 0.1) is 0 Å². The molecule has 3 rings (SSSR count). The van der Waals surface area contributed by atoms with E-state index in [1.807, 2.05) is 24.3 Å². The number of carbonyl (C=O) groups excluding carboxylic acids is 1. The third kappa shape index (κ3) is 3.84. The highest BCUT2D eigenvalue weighted by atomic mass is 35.5. The molecule has 0 radical (unpaired) electrons. The van der Waals surface area contributed by atoms with Gasteiger partial charge in [0.1, 0.15) is 0 Å². The molecule has 1 heterocycles. The minimum atomic E-state index is -1.36. The molecule has 25 heavy (non-hydrogen) atoms. The summed E-state index contributed by atoms with van der Waals surface area (Å²) in [7, 11) is -1.36. The largest absolute Gasteiger partial charge is 0.325 e. The van der Waals surface area contributed by atoms with Crippen LogP contribution in [0.4, 0.5) is 5.69 Å². The monoisotopic (exact) mass is 392 g/mol. The summed E-state index contributed by atoms with van der Waals surface area (Å²) < 4.78 is 13.0. The van der Waals surface area contributed by atoms with Gasteiger partial charge in [-0.05, 0) is 24.3 Å². The molecule has 1 N–H and O–H groups in total. The van der Waals surface area contributed by atoms with E-state index in [4.69, 9.17) is 23.2 Å². The van der Waals surface area contributed by atoms with Crippen molar-refractivity contribution in [3.8, 4) is 0 Å². The van der Waals surface area contributed by atoms with Crippen LogP contribution in [-0.2, 0) is 21.3 Å². The summed E-state index contributed by atoms with van der Waals surface area (Å²) in [5.41, 5.74) is 0.992. The molecule has 0 spiro atoms. The zero-order chi connectivity index (χ0) is 18.0. The van der Waals surface area contributed by atoms with Crippen LogP contribution in [0.25, 0.3) is 10.8 Å². The van der Waals surface area contributed by atoms with Crippen LogP contribution < -0.4 is 5.32 Å². The molecule has 7 heteroatoms. The lowest BCUT2D eigenvalue weighted by molar-refractivity contribution is -0.114. The maximum Gasteiger partial charge on any atom is 0.221 e. The number of nitrogens with zero attached hydrogens (tertiary/aromatic N) is 1. The van der Waals surface area contributed by atoms with Crippen molar-refractivity contribution in [1.82, 2.24) is 4.98 Å². The van der Waals surface area contributed by atoms with Gasteiger partial charge in [-0.25, -0.2) is 0 Å². The molecular weight excluding hydrogens is 379 g/mol. The number of hydrogen-bond donors (Lipinski definition) is 1. The number of carbonyl (C=O) groups is 1. The van der Waals surface area contributed by atoms with E-state index >= 15 is 0 Å². The predicted molar refractivity (Wildman–Crippen MR) is 103 cm³/mol. The average molecular weight is 393 g/mol. The number of aromatic nitrogens is 1. The Morgan fingerprint density at radius 2 is 2.00 bits per heavy atom. The summed E-state index contributed by atoms with van der Waals surface area (Å²) in [4.78, 5) is 16.1. The van der Waals surface area contributed by atoms with Crippen LogP contribution in [0.15, 0.2) is 53.7 Å². The number of halogens is 2. The first-order valence-corrected chi connectivity index (χ1v) is 9.50. The molecule has 0 aliphatic rings. The van der Waals surface area contributed by atoms with Crippen molar-refractivity contribution >= 4 is 56.4 Å². The molecule has 0 fully saturated rings. The third-order valence-electron chi connectivity index (χ3n) is 3.66. The number of nitrogens with one attached hydrogen (secondary N) is 1. The van der Waals surface area contributed by atoms with E-state index in [2.05, 4.69) is 10.3 Å². The number of hydrogen-bond acceptors (Lipinski definition) is 3. The molecule has 1 aromatic heterocycles. The van der Waals surface area contributed by atoms with Gasteiger partial charge in [0.05, 0.1) is 27.3 Å². The third-order valence-corrected chi connectivity index (χ3v) is 5.84. The predicted octanol–water partition coefficient (Wildman–Crippen LogP) is 4.81. The van der Waals surface area contributed by atoms with Crippen LogP contribution in [-0.4, -0.2) is 15.1 Å². The molecule has 0 aliphatic carbocycles. The van der Waals surface area contributed by atoms with E-state index < -0.39 is 10.8 Å². The lowest BCUT2D eigenvalue weighted by Crippen LogP contribution is -2.08. The highest BCUT2D eigenvalue weighted by Crippen LogP contribution is 2.34. The van der Waals surface area contributed by atoms with Crippen molar-refractivity contribution in [2.24, 2.45) is 0 Å². The van der Waals surface area contributed by atoms with Crippen molar-refractivity contribution in [2.45, 2.75) is 17.6 Å². The zero-order valence-electron chi connectivity index (χ0n) is 13.3. The minimum Gasteiger partial charge on any atom is -0.325 e. The summed E-state index contributed by atoms with van der Waals surface area (Å²) in [5.74, 6) is -0.0927. The van der Waals surface area contributed by atoms with Crippen molar-refractivity contribution in [3.63, 3.8) is 0 Å². The fourth-order valence-electron chi connectivity index (χ4n) is 2.52. The lowest BCUT2D eigenvalue weighted by Gasteiger charge is -2.13. The fraction of sp³-hybridized carbons (Fsp3) is 0.111. The van der Waals surface area contributed by atoms with Crippen molar-refractivity contribution < 1.29 is 9.00 Å². The Hall–Kier alpha value is -1.95. The Labute approximate surface area is 157 Å². The first-order valence-electron chi connectivity index (χ1n) is 7.43. The van der Waals surface area contributed by atoms with Crippen LogP contribution >= 0.6 is 23.2 Å². The molecule has 2 aromatic carbocycles. The quantitative estimate of drug-likeness (QED) is 0.692. The van der Waals surface area contributed by atoms with Gasteiger partial charge in [-0.15, -0.1) is 0 Å². The SMILES string of the molecule is CC(=O)Nc1ccc(Cl)c(CS(=O)c2cccc3cnccc23)c1Cl. The molecule has 1 atom stereocenters. The van der Waals surface area contributed by atoms with Gasteiger partial charge >= 0.3 is 0 Å². The van der Waals surface area contributed by atoms with Gasteiger partial charge < -0.3 is 5.32 Å². The van der Waals surface area contributed by atoms with Crippen molar-refractivity contribution in [2.75, 3.05) is 5.32 Å². The van der Waals surface area contributed by atoms with Gasteiger partial charge in [0.15, 0.2) is 0 Å². The van der Waals surface area contributed by atoms with Crippen LogP contribution in [0.3, 0.4) is 0 Å². The molecular formula is C18H14Cl2N2O2S. The van der Waals surface area contributed by atoms with Gasteiger partial charge in [0.2, 0.25) is 5.91 Å². The minimum absolute atomic E-state index is 0.145. The van der Waals surface area contributed by atoms with E-state index in [1.54, 1.807) is 24.5 Å². The van der Waals surface area contributed by atoms with Crippen LogP contribution in [0.2, 0.25) is 10.0 Å². The van der Waals surface area contributed by atoms with Gasteiger partial charge in [0.25, 0.3) is 0 Å². The highest BCUT2D eigenvalue weighted by molar-refractivity contribution is 7.84. The summed E-state index contributed by atoms with van der Waals surface area (Å²) in [6, 6.07) is 10.7. The van der Waals surface area contributed by atoms with E-state index in [9.17, 15) is 9.00 Å². The molecule has 0 saturated heterocycles. The smallest absolute Gasteiger partial charge is 0.221 e. The maximum atomic E-state index is 13.0. The zero-order valence-corrected chi connectivity index (χ0v) is 15.6. The lowest BCUT2D eigenvalue weighted by atomic mass is 10.2. The van der Waals surface area contributed by atoms with Gasteiger partial charge in [0, 0.05) is 45.6 Å². The van der Waals surface area contributed by atoms with Crippen LogP contribution in [0.1, 0.15) is 12.5 Å². The van der Waals surface area contributed by atoms with E-state index in [0.29, 0.717) is 26.2 Å².